The molecule has 0 atom stereocenters. The minimum atomic E-state index is -0.589. The van der Waals surface area contributed by atoms with Gasteiger partial charge in [-0.05, 0) is 42.0 Å². The summed E-state index contributed by atoms with van der Waals surface area (Å²) in [5.41, 5.74) is 7.54. The van der Waals surface area contributed by atoms with Crippen LogP contribution in [0.1, 0.15) is 5.56 Å². The summed E-state index contributed by atoms with van der Waals surface area (Å²) in [4.78, 5) is 20.4. The Bertz CT molecular complexity index is 1510. The Kier molecular flexibility index (Phi) is 4.96. The first-order valence-electron chi connectivity index (χ1n) is 9.42. The number of rotatable bonds is 6. The highest BCUT2D eigenvalue weighted by atomic mass is 35.5. The fraction of sp³-hybridized carbons (Fsp3) is 0. The third-order valence-electron chi connectivity index (χ3n) is 4.60. The molecule has 0 fully saturated rings. The van der Waals surface area contributed by atoms with Gasteiger partial charge in [0.2, 0.25) is 17.7 Å². The molecular weight excluding hydrogens is 448 g/mol. The van der Waals surface area contributed by atoms with Crippen LogP contribution in [0.5, 0.6) is 11.6 Å². The number of amides is 1. The third kappa shape index (κ3) is 3.86. The molecule has 0 aliphatic heterocycles. The number of carbonyl (C=O) groups is 1. The molecule has 0 spiro atoms. The van der Waals surface area contributed by atoms with Gasteiger partial charge in [0.05, 0.1) is 10.2 Å². The number of pyridine rings is 1. The maximum atomic E-state index is 11.4. The first-order valence-corrected chi connectivity index (χ1v) is 10.6. The molecule has 5 aromatic rings. The number of nitrogens with one attached hydrogen (secondary N) is 1. The molecule has 1 amide bonds. The Balaban J connectivity index is 1.44. The van der Waals surface area contributed by atoms with E-state index in [4.69, 9.17) is 22.1 Å². The number of primary amides is 1. The first-order chi connectivity index (χ1) is 15.5. The second-order valence-electron chi connectivity index (χ2n) is 6.80. The Labute approximate surface area is 190 Å². The molecule has 3 aromatic heterocycles. The zero-order chi connectivity index (χ0) is 22.2. The summed E-state index contributed by atoms with van der Waals surface area (Å²) in [5.74, 6) is 0.738. The van der Waals surface area contributed by atoms with Crippen LogP contribution < -0.4 is 15.8 Å². The van der Waals surface area contributed by atoms with E-state index >= 15 is 0 Å². The largest absolute Gasteiger partial charge is 0.439 e. The van der Waals surface area contributed by atoms with Gasteiger partial charge in [-0.3, -0.25) is 10.1 Å². The maximum absolute atomic E-state index is 11.4. The summed E-state index contributed by atoms with van der Waals surface area (Å²) >= 11 is 7.51. The van der Waals surface area contributed by atoms with E-state index in [9.17, 15) is 4.79 Å². The van der Waals surface area contributed by atoms with Gasteiger partial charge in [0.1, 0.15) is 5.75 Å². The van der Waals surface area contributed by atoms with Crippen molar-refractivity contribution in [3.8, 4) is 11.6 Å². The highest BCUT2D eigenvalue weighted by Crippen LogP contribution is 2.30. The molecule has 0 bridgehead atoms. The van der Waals surface area contributed by atoms with Crippen molar-refractivity contribution in [2.45, 2.75) is 0 Å². The van der Waals surface area contributed by atoms with Crippen molar-refractivity contribution in [1.82, 2.24) is 19.6 Å². The summed E-state index contributed by atoms with van der Waals surface area (Å²) in [6.45, 7) is 3.71. The van der Waals surface area contributed by atoms with E-state index in [1.807, 2.05) is 24.3 Å². The molecule has 5 rings (SSSR count). The number of carbonyl (C=O) groups excluding carboxylic acids is 1. The van der Waals surface area contributed by atoms with E-state index in [2.05, 4.69) is 27.0 Å². The molecule has 158 valence electrons. The molecule has 32 heavy (non-hydrogen) atoms. The lowest BCUT2D eigenvalue weighted by Gasteiger charge is -2.08. The standard InChI is InChI=1S/C22H15ClN6O2S/c1-12(20(24)30)13-4-2-5-15(10-13)31-19-7-3-6-18-26-21(28-29(18)19)27-22-25-16-9-8-14(23)11-17(16)32-22/h2-11H,1H2,(H2,24,30)(H,25,27,28). The van der Waals surface area contributed by atoms with Crippen LogP contribution in [0, 0.1) is 0 Å². The van der Waals surface area contributed by atoms with Gasteiger partial charge in [-0.2, -0.15) is 9.50 Å². The van der Waals surface area contributed by atoms with Gasteiger partial charge in [-0.15, -0.1) is 5.10 Å². The van der Waals surface area contributed by atoms with Crippen molar-refractivity contribution in [3.63, 3.8) is 0 Å². The number of ether oxygens (including phenoxy) is 1. The summed E-state index contributed by atoms with van der Waals surface area (Å²) in [7, 11) is 0. The Morgan fingerprint density at radius 3 is 2.81 bits per heavy atom. The molecule has 8 nitrogen and oxygen atoms in total. The highest BCUT2D eigenvalue weighted by molar-refractivity contribution is 7.22. The average Bonchev–Trinajstić information content (AvgIpc) is 3.36. The van der Waals surface area contributed by atoms with E-state index in [0.717, 1.165) is 10.2 Å². The molecule has 3 N–H and O–H groups in total. The van der Waals surface area contributed by atoms with Gasteiger partial charge in [0.25, 0.3) is 0 Å². The number of fused-ring (bicyclic) bond motifs is 2. The average molecular weight is 463 g/mol. The predicted octanol–water partition coefficient (Wildman–Crippen LogP) is 5.03. The molecule has 2 aromatic carbocycles. The predicted molar refractivity (Wildman–Crippen MR) is 126 cm³/mol. The van der Waals surface area contributed by atoms with Crippen LogP contribution in [0.2, 0.25) is 5.02 Å². The lowest BCUT2D eigenvalue weighted by Crippen LogP contribution is -2.11. The van der Waals surface area contributed by atoms with Crippen molar-refractivity contribution < 1.29 is 9.53 Å². The van der Waals surface area contributed by atoms with E-state index < -0.39 is 5.91 Å². The number of hydrogen-bond donors (Lipinski definition) is 2. The molecule has 0 aliphatic carbocycles. The van der Waals surface area contributed by atoms with Crippen LogP contribution in [-0.4, -0.2) is 25.5 Å². The number of benzene rings is 2. The van der Waals surface area contributed by atoms with Crippen LogP contribution in [0.15, 0.2) is 67.2 Å². The number of halogens is 1. The van der Waals surface area contributed by atoms with E-state index in [1.54, 1.807) is 40.9 Å². The molecule has 0 unspecified atom stereocenters. The number of nitrogens with two attached hydrogens (primary N) is 1. The molecule has 0 saturated heterocycles. The highest BCUT2D eigenvalue weighted by Gasteiger charge is 2.12. The zero-order valence-corrected chi connectivity index (χ0v) is 18.0. The maximum Gasteiger partial charge on any atom is 0.249 e. The smallest absolute Gasteiger partial charge is 0.249 e. The first kappa shape index (κ1) is 20.0. The SMILES string of the molecule is C=C(C(N)=O)c1cccc(Oc2cccc3nc(Nc4nc5ccc(Cl)cc5s4)nn23)c1. The van der Waals surface area contributed by atoms with Crippen LogP contribution >= 0.6 is 22.9 Å². The normalized spacial score (nSPS) is 11.0. The monoisotopic (exact) mass is 462 g/mol. The Morgan fingerprint density at radius 2 is 1.97 bits per heavy atom. The van der Waals surface area contributed by atoms with Gasteiger partial charge >= 0.3 is 0 Å². The summed E-state index contributed by atoms with van der Waals surface area (Å²) < 4.78 is 8.53. The van der Waals surface area contributed by atoms with Crippen molar-refractivity contribution in [2.75, 3.05) is 5.32 Å². The molecule has 3 heterocycles. The second kappa shape index (κ2) is 7.95. The van der Waals surface area contributed by atoms with Gasteiger partial charge in [-0.1, -0.05) is 47.7 Å². The van der Waals surface area contributed by atoms with E-state index in [1.165, 1.54) is 11.3 Å². The Morgan fingerprint density at radius 1 is 1.12 bits per heavy atom. The van der Waals surface area contributed by atoms with Gasteiger partial charge in [-0.25, -0.2) is 4.98 Å². The molecule has 0 radical (unpaired) electrons. The van der Waals surface area contributed by atoms with Gasteiger partial charge in [0, 0.05) is 16.7 Å². The number of anilines is 2. The minimum absolute atomic E-state index is 0.207. The van der Waals surface area contributed by atoms with E-state index in [-0.39, 0.29) is 5.57 Å². The lowest BCUT2D eigenvalue weighted by molar-refractivity contribution is -0.112. The molecule has 0 saturated carbocycles. The number of hydrogen-bond acceptors (Lipinski definition) is 7. The molecule has 0 aliphatic rings. The van der Waals surface area contributed by atoms with Crippen LogP contribution in [0.4, 0.5) is 11.1 Å². The van der Waals surface area contributed by atoms with Crippen LogP contribution in [0.3, 0.4) is 0 Å². The van der Waals surface area contributed by atoms with Crippen LogP contribution in [0.25, 0.3) is 21.4 Å². The fourth-order valence-corrected chi connectivity index (χ4v) is 4.20. The summed E-state index contributed by atoms with van der Waals surface area (Å²) in [5, 5.41) is 8.94. The quantitative estimate of drug-likeness (QED) is 0.343. The number of aromatic nitrogens is 4. The van der Waals surface area contributed by atoms with Crippen molar-refractivity contribution in [2.24, 2.45) is 5.73 Å². The van der Waals surface area contributed by atoms with Crippen LogP contribution in [-0.2, 0) is 4.79 Å². The lowest BCUT2D eigenvalue weighted by atomic mass is 10.1. The fourth-order valence-electron chi connectivity index (χ4n) is 3.07. The van der Waals surface area contributed by atoms with Gasteiger partial charge in [0.15, 0.2) is 10.8 Å². The topological polar surface area (TPSA) is 107 Å². The number of thiazole rings is 1. The minimum Gasteiger partial charge on any atom is -0.439 e. The van der Waals surface area contributed by atoms with Crippen molar-refractivity contribution in [1.29, 1.82) is 0 Å². The molecular formula is C22H15ClN6O2S. The molecule has 10 heteroatoms. The van der Waals surface area contributed by atoms with Crippen molar-refractivity contribution in [3.05, 3.63) is 77.8 Å². The van der Waals surface area contributed by atoms with Crippen molar-refractivity contribution >= 4 is 61.4 Å². The van der Waals surface area contributed by atoms with E-state index in [0.29, 0.717) is 38.9 Å². The van der Waals surface area contributed by atoms with Gasteiger partial charge < -0.3 is 10.5 Å². The number of nitrogens with zero attached hydrogens (tertiary/aromatic N) is 4. The Hall–Kier alpha value is -3.95. The summed E-state index contributed by atoms with van der Waals surface area (Å²) in [6, 6.07) is 17.9. The zero-order valence-electron chi connectivity index (χ0n) is 16.4. The second-order valence-corrected chi connectivity index (χ2v) is 8.27. The summed E-state index contributed by atoms with van der Waals surface area (Å²) in [6.07, 6.45) is 0. The third-order valence-corrected chi connectivity index (χ3v) is 5.77.